The quantitative estimate of drug-likeness (QED) is 0.745. The molecule has 1 N–H and O–H groups in total. The summed E-state index contributed by atoms with van der Waals surface area (Å²) in [4.78, 5) is 31.4. The summed E-state index contributed by atoms with van der Waals surface area (Å²) in [5, 5.41) is 2.94. The first-order chi connectivity index (χ1) is 15.4. The SMILES string of the molecule is O=C(Nc1ccccc1)C1CCN(C(=O)C2CCN(S(=O)(=O)c3cccnc3)CC2)CC1. The third kappa shape index (κ3) is 4.99. The average molecular weight is 457 g/mol. The molecule has 2 aromatic rings. The lowest BCUT2D eigenvalue weighted by molar-refractivity contribution is -0.139. The largest absolute Gasteiger partial charge is 0.342 e. The van der Waals surface area contributed by atoms with Gasteiger partial charge in [-0.2, -0.15) is 4.31 Å². The van der Waals surface area contributed by atoms with Gasteiger partial charge in [-0.3, -0.25) is 14.6 Å². The smallest absolute Gasteiger partial charge is 0.244 e. The van der Waals surface area contributed by atoms with Gasteiger partial charge in [0.15, 0.2) is 0 Å². The zero-order valence-electron chi connectivity index (χ0n) is 17.9. The molecule has 0 aliphatic carbocycles. The lowest BCUT2D eigenvalue weighted by Crippen LogP contribution is -2.47. The van der Waals surface area contributed by atoms with Gasteiger partial charge in [-0.05, 0) is 49.9 Å². The number of carbonyl (C=O) groups excluding carboxylic acids is 2. The number of benzene rings is 1. The van der Waals surface area contributed by atoms with E-state index in [0.29, 0.717) is 51.9 Å². The molecule has 0 radical (unpaired) electrons. The van der Waals surface area contributed by atoms with Gasteiger partial charge in [-0.15, -0.1) is 0 Å². The number of rotatable bonds is 5. The molecule has 0 spiro atoms. The summed E-state index contributed by atoms with van der Waals surface area (Å²) in [7, 11) is -3.58. The molecule has 2 aliphatic heterocycles. The number of sulfonamides is 1. The van der Waals surface area contributed by atoms with Crippen molar-refractivity contribution in [3.8, 4) is 0 Å². The molecule has 2 saturated heterocycles. The zero-order chi connectivity index (χ0) is 22.6. The maximum Gasteiger partial charge on any atom is 0.244 e. The summed E-state index contributed by atoms with van der Waals surface area (Å²) in [5.41, 5.74) is 0.781. The van der Waals surface area contributed by atoms with Gasteiger partial charge in [0.1, 0.15) is 4.90 Å². The minimum atomic E-state index is -3.58. The molecule has 32 heavy (non-hydrogen) atoms. The topological polar surface area (TPSA) is 99.7 Å². The summed E-state index contributed by atoms with van der Waals surface area (Å²) in [5.74, 6) is -0.210. The van der Waals surface area contributed by atoms with Gasteiger partial charge < -0.3 is 10.2 Å². The van der Waals surface area contributed by atoms with Gasteiger partial charge in [-0.1, -0.05) is 18.2 Å². The number of likely N-dealkylation sites (tertiary alicyclic amines) is 1. The molecule has 3 heterocycles. The van der Waals surface area contributed by atoms with Gasteiger partial charge in [0, 0.05) is 56.1 Å². The highest BCUT2D eigenvalue weighted by atomic mass is 32.2. The molecule has 0 atom stereocenters. The van der Waals surface area contributed by atoms with E-state index >= 15 is 0 Å². The summed E-state index contributed by atoms with van der Waals surface area (Å²) < 4.78 is 26.9. The summed E-state index contributed by atoms with van der Waals surface area (Å²) in [6, 6.07) is 12.5. The van der Waals surface area contributed by atoms with Crippen LogP contribution in [0.5, 0.6) is 0 Å². The van der Waals surface area contributed by atoms with Crippen molar-refractivity contribution in [2.75, 3.05) is 31.5 Å². The third-order valence-electron chi connectivity index (χ3n) is 6.29. The van der Waals surface area contributed by atoms with E-state index in [0.717, 1.165) is 5.69 Å². The normalized spacial score (nSPS) is 18.9. The third-order valence-corrected chi connectivity index (χ3v) is 8.18. The van der Waals surface area contributed by atoms with Gasteiger partial charge >= 0.3 is 0 Å². The number of para-hydroxylation sites is 1. The van der Waals surface area contributed by atoms with Gasteiger partial charge in [0.2, 0.25) is 21.8 Å². The molecular weight excluding hydrogens is 428 g/mol. The Bertz CT molecular complexity index is 1030. The molecule has 2 fully saturated rings. The van der Waals surface area contributed by atoms with Crippen molar-refractivity contribution in [1.29, 1.82) is 0 Å². The van der Waals surface area contributed by atoms with Crippen LogP contribution in [-0.4, -0.2) is 60.6 Å². The van der Waals surface area contributed by atoms with Crippen molar-refractivity contribution in [3.63, 3.8) is 0 Å². The van der Waals surface area contributed by atoms with Crippen LogP contribution in [0.2, 0.25) is 0 Å². The van der Waals surface area contributed by atoms with Crippen molar-refractivity contribution < 1.29 is 18.0 Å². The number of pyridine rings is 1. The van der Waals surface area contributed by atoms with Crippen LogP contribution in [-0.2, 0) is 19.6 Å². The first kappa shape index (κ1) is 22.4. The summed E-state index contributed by atoms with van der Waals surface area (Å²) in [6.45, 7) is 1.76. The van der Waals surface area contributed by atoms with Crippen molar-refractivity contribution >= 4 is 27.5 Å². The van der Waals surface area contributed by atoms with Gasteiger partial charge in [-0.25, -0.2) is 8.42 Å². The van der Waals surface area contributed by atoms with Crippen molar-refractivity contribution in [1.82, 2.24) is 14.2 Å². The number of hydrogen-bond donors (Lipinski definition) is 1. The fourth-order valence-electron chi connectivity index (χ4n) is 4.38. The van der Waals surface area contributed by atoms with Crippen LogP contribution < -0.4 is 5.32 Å². The maximum atomic E-state index is 13.0. The highest BCUT2D eigenvalue weighted by Gasteiger charge is 2.35. The highest BCUT2D eigenvalue weighted by Crippen LogP contribution is 2.27. The molecule has 2 amide bonds. The molecule has 0 bridgehead atoms. The molecule has 1 aromatic carbocycles. The minimum absolute atomic E-state index is 0.00258. The predicted molar refractivity (Wildman–Crippen MR) is 120 cm³/mol. The van der Waals surface area contributed by atoms with E-state index in [2.05, 4.69) is 10.3 Å². The van der Waals surface area contributed by atoms with E-state index in [9.17, 15) is 18.0 Å². The molecule has 9 heteroatoms. The van der Waals surface area contributed by atoms with Crippen molar-refractivity contribution in [3.05, 3.63) is 54.9 Å². The lowest BCUT2D eigenvalue weighted by Gasteiger charge is -2.36. The lowest BCUT2D eigenvalue weighted by atomic mass is 9.92. The second-order valence-corrected chi connectivity index (χ2v) is 10.3. The summed E-state index contributed by atoms with van der Waals surface area (Å²) >= 11 is 0. The Morgan fingerprint density at radius 3 is 2.16 bits per heavy atom. The number of carbonyl (C=O) groups is 2. The highest BCUT2D eigenvalue weighted by molar-refractivity contribution is 7.89. The van der Waals surface area contributed by atoms with E-state index in [1.54, 1.807) is 12.3 Å². The molecule has 170 valence electrons. The van der Waals surface area contributed by atoms with E-state index in [1.165, 1.54) is 16.6 Å². The maximum absolute atomic E-state index is 13.0. The predicted octanol–water partition coefficient (Wildman–Crippen LogP) is 2.36. The molecule has 8 nitrogen and oxygen atoms in total. The Morgan fingerprint density at radius 2 is 1.53 bits per heavy atom. The van der Waals surface area contributed by atoms with Gasteiger partial charge in [0.25, 0.3) is 0 Å². The number of nitrogens with one attached hydrogen (secondary N) is 1. The summed E-state index contributed by atoms with van der Waals surface area (Å²) in [6.07, 6.45) is 5.18. The minimum Gasteiger partial charge on any atom is -0.342 e. The molecule has 1 aromatic heterocycles. The van der Waals surface area contributed by atoms with Gasteiger partial charge in [0.05, 0.1) is 0 Å². The number of amides is 2. The standard InChI is InChI=1S/C23H28N4O4S/c28-22(25-20-5-2-1-3-6-20)18-8-13-26(14-9-18)23(29)19-10-15-27(16-11-19)32(30,31)21-7-4-12-24-17-21/h1-7,12,17-19H,8-11,13-16H2,(H,25,28). The van der Waals surface area contributed by atoms with Crippen LogP contribution in [0.3, 0.4) is 0 Å². The monoisotopic (exact) mass is 456 g/mol. The Morgan fingerprint density at radius 1 is 0.875 bits per heavy atom. The van der Waals surface area contributed by atoms with Crippen LogP contribution in [0.1, 0.15) is 25.7 Å². The zero-order valence-corrected chi connectivity index (χ0v) is 18.7. The van der Waals surface area contributed by atoms with Crippen LogP contribution in [0, 0.1) is 11.8 Å². The number of aromatic nitrogens is 1. The van der Waals surface area contributed by atoms with E-state index in [-0.39, 0.29) is 28.5 Å². The fourth-order valence-corrected chi connectivity index (χ4v) is 5.81. The Kier molecular flexibility index (Phi) is 6.86. The number of hydrogen-bond acceptors (Lipinski definition) is 5. The molecule has 0 unspecified atom stereocenters. The first-order valence-corrected chi connectivity index (χ1v) is 12.4. The molecule has 0 saturated carbocycles. The molecule has 4 rings (SSSR count). The van der Waals surface area contributed by atoms with Crippen molar-refractivity contribution in [2.24, 2.45) is 11.8 Å². The van der Waals surface area contributed by atoms with E-state index in [4.69, 9.17) is 0 Å². The van der Waals surface area contributed by atoms with Crippen molar-refractivity contribution in [2.45, 2.75) is 30.6 Å². The van der Waals surface area contributed by atoms with Crippen LogP contribution in [0.4, 0.5) is 5.69 Å². The Balaban J connectivity index is 1.26. The number of anilines is 1. The van der Waals surface area contributed by atoms with Crippen LogP contribution in [0.25, 0.3) is 0 Å². The first-order valence-electron chi connectivity index (χ1n) is 11.0. The number of piperidine rings is 2. The van der Waals surface area contributed by atoms with E-state index < -0.39 is 10.0 Å². The Labute approximate surface area is 188 Å². The fraction of sp³-hybridized carbons (Fsp3) is 0.435. The van der Waals surface area contributed by atoms with E-state index in [1.807, 2.05) is 35.2 Å². The molecule has 2 aliphatic rings. The second kappa shape index (κ2) is 9.79. The van der Waals surface area contributed by atoms with Crippen LogP contribution >= 0.6 is 0 Å². The second-order valence-electron chi connectivity index (χ2n) is 8.32. The Hall–Kier alpha value is -2.78. The molecular formula is C23H28N4O4S. The average Bonchev–Trinajstić information content (AvgIpc) is 2.85. The van der Waals surface area contributed by atoms with Crippen LogP contribution in [0.15, 0.2) is 59.8 Å². The number of nitrogens with zero attached hydrogens (tertiary/aromatic N) is 3.